The van der Waals surface area contributed by atoms with Crippen LogP contribution < -0.4 is 28.7 Å². The predicted molar refractivity (Wildman–Crippen MR) is 80.3 cm³/mol. The number of halogens is 2. The van der Waals surface area contributed by atoms with E-state index in [2.05, 4.69) is 23.0 Å². The van der Waals surface area contributed by atoms with Crippen molar-refractivity contribution in [3.8, 4) is 5.75 Å². The largest absolute Gasteiger partial charge is 1.00 e. The van der Waals surface area contributed by atoms with E-state index in [0.29, 0.717) is 6.61 Å². The van der Waals surface area contributed by atoms with Gasteiger partial charge < -0.3 is 38.3 Å². The van der Waals surface area contributed by atoms with Gasteiger partial charge in [0.2, 0.25) is 0 Å². The topological polar surface area (TPSA) is 29.5 Å². The summed E-state index contributed by atoms with van der Waals surface area (Å²) >= 11 is 3.39. The normalized spacial score (nSPS) is 18.9. The zero-order valence-corrected chi connectivity index (χ0v) is 15.6. The molecule has 1 unspecified atom stereocenters. The molecule has 114 valence electrons. The van der Waals surface area contributed by atoms with Gasteiger partial charge in [0.15, 0.2) is 0 Å². The van der Waals surface area contributed by atoms with Gasteiger partial charge in [-0.1, -0.05) is 15.9 Å². The number of benzene rings is 1. The first-order chi connectivity index (χ1) is 9.07. The number of likely N-dealkylation sites (tertiary alicyclic amines) is 1. The number of quaternary nitrogens is 1. The summed E-state index contributed by atoms with van der Waals surface area (Å²) in [6.07, 6.45) is 3.49. The average Bonchev–Trinajstić information content (AvgIpc) is 2.38. The van der Waals surface area contributed by atoms with Gasteiger partial charge in [0.05, 0.1) is 20.1 Å². The summed E-state index contributed by atoms with van der Waals surface area (Å²) in [5.41, 5.74) is 0. The van der Waals surface area contributed by atoms with Crippen molar-refractivity contribution >= 4 is 15.9 Å². The highest BCUT2D eigenvalue weighted by Crippen LogP contribution is 2.18. The maximum Gasteiger partial charge on any atom is 0.137 e. The molecule has 3 nitrogen and oxygen atoms in total. The Morgan fingerprint density at radius 2 is 1.80 bits per heavy atom. The fourth-order valence-corrected chi connectivity index (χ4v) is 3.01. The number of aliphatic hydroxyl groups excluding tert-OH is 1. The summed E-state index contributed by atoms with van der Waals surface area (Å²) in [7, 11) is 2.24. The van der Waals surface area contributed by atoms with E-state index in [4.69, 9.17) is 4.74 Å². The number of likely N-dealkylation sites (N-methyl/N-ethyl adjacent to an activating group) is 1. The highest BCUT2D eigenvalue weighted by atomic mass is 127. The van der Waals surface area contributed by atoms with Crippen LogP contribution >= 0.6 is 15.9 Å². The Kier molecular flexibility index (Phi) is 7.79. The first-order valence-electron chi connectivity index (χ1n) is 6.97. The Labute approximate surface area is 147 Å². The van der Waals surface area contributed by atoms with Crippen molar-refractivity contribution in [3.05, 3.63) is 28.7 Å². The van der Waals surface area contributed by atoms with Crippen molar-refractivity contribution in [2.45, 2.75) is 25.4 Å². The van der Waals surface area contributed by atoms with E-state index in [-0.39, 0.29) is 24.0 Å². The summed E-state index contributed by atoms with van der Waals surface area (Å²) in [5, 5.41) is 10.1. The van der Waals surface area contributed by atoms with Crippen LogP contribution in [0.4, 0.5) is 0 Å². The van der Waals surface area contributed by atoms with Gasteiger partial charge in [-0.15, -0.1) is 0 Å². The predicted octanol–water partition coefficient (Wildman–Crippen LogP) is -0.177. The van der Waals surface area contributed by atoms with E-state index in [1.165, 1.54) is 32.4 Å². The zero-order chi connectivity index (χ0) is 13.7. The van der Waals surface area contributed by atoms with Crippen LogP contribution in [0.25, 0.3) is 0 Å². The van der Waals surface area contributed by atoms with Gasteiger partial charge in [-0.3, -0.25) is 0 Å². The third kappa shape index (κ3) is 5.87. The number of nitrogens with zero attached hydrogens (tertiary/aromatic N) is 1. The molecule has 0 saturated carbocycles. The Morgan fingerprint density at radius 1 is 1.20 bits per heavy atom. The minimum Gasteiger partial charge on any atom is -1.00 e. The third-order valence-electron chi connectivity index (χ3n) is 3.80. The van der Waals surface area contributed by atoms with E-state index < -0.39 is 6.10 Å². The first-order valence-corrected chi connectivity index (χ1v) is 7.77. The smallest absolute Gasteiger partial charge is 0.137 e. The highest BCUT2D eigenvalue weighted by Gasteiger charge is 2.27. The second kappa shape index (κ2) is 8.56. The Hall–Kier alpha value is 0.150. The van der Waals surface area contributed by atoms with Crippen LogP contribution in [0, 0.1) is 0 Å². The molecule has 0 aromatic heterocycles. The van der Waals surface area contributed by atoms with Crippen molar-refractivity contribution in [1.29, 1.82) is 0 Å². The number of ether oxygens (including phenoxy) is 1. The van der Waals surface area contributed by atoms with Gasteiger partial charge >= 0.3 is 0 Å². The van der Waals surface area contributed by atoms with Crippen LogP contribution in [0.5, 0.6) is 5.75 Å². The number of rotatable bonds is 5. The molecule has 1 aliphatic heterocycles. The molecule has 1 heterocycles. The van der Waals surface area contributed by atoms with Crippen LogP contribution in [-0.2, 0) is 0 Å². The Balaban J connectivity index is 0.00000200. The molecule has 20 heavy (non-hydrogen) atoms. The minimum absolute atomic E-state index is 0. The molecule has 1 aromatic carbocycles. The second-order valence-electron chi connectivity index (χ2n) is 5.73. The van der Waals surface area contributed by atoms with Gasteiger partial charge in [-0.05, 0) is 43.5 Å². The molecule has 0 bridgehead atoms. The van der Waals surface area contributed by atoms with E-state index in [0.717, 1.165) is 21.3 Å². The van der Waals surface area contributed by atoms with Crippen molar-refractivity contribution < 1.29 is 38.3 Å². The molecule has 0 amide bonds. The molecule has 0 spiro atoms. The van der Waals surface area contributed by atoms with Crippen LogP contribution in [0.1, 0.15) is 19.3 Å². The maximum atomic E-state index is 10.1. The SMILES string of the molecule is C[N+]1(CC(O)COc2ccc(Br)cc2)CCCCC1.[I-]. The Bertz CT molecular complexity index is 393. The molecule has 1 saturated heterocycles. The van der Waals surface area contributed by atoms with Crippen molar-refractivity contribution in [2.24, 2.45) is 0 Å². The van der Waals surface area contributed by atoms with Crippen molar-refractivity contribution in [3.63, 3.8) is 0 Å². The molecule has 5 heteroatoms. The van der Waals surface area contributed by atoms with Crippen LogP contribution in [0.15, 0.2) is 28.7 Å². The molecule has 1 N–H and O–H groups in total. The summed E-state index contributed by atoms with van der Waals surface area (Å²) in [4.78, 5) is 0. The van der Waals surface area contributed by atoms with Crippen molar-refractivity contribution in [2.75, 3.05) is 33.3 Å². The fraction of sp³-hybridized carbons (Fsp3) is 0.600. The second-order valence-corrected chi connectivity index (χ2v) is 6.64. The Morgan fingerprint density at radius 3 is 2.40 bits per heavy atom. The van der Waals surface area contributed by atoms with Gasteiger partial charge in [-0.25, -0.2) is 0 Å². The summed E-state index contributed by atoms with van der Waals surface area (Å²) < 4.78 is 7.64. The molecule has 1 fully saturated rings. The molecule has 0 aliphatic carbocycles. The first kappa shape index (κ1) is 18.2. The lowest BCUT2D eigenvalue weighted by Gasteiger charge is -2.39. The van der Waals surface area contributed by atoms with E-state index in [1.54, 1.807) is 0 Å². The molecule has 1 atom stereocenters. The third-order valence-corrected chi connectivity index (χ3v) is 4.33. The fourth-order valence-electron chi connectivity index (χ4n) is 2.74. The summed E-state index contributed by atoms with van der Waals surface area (Å²) in [6, 6.07) is 7.71. The van der Waals surface area contributed by atoms with E-state index in [1.807, 2.05) is 24.3 Å². The number of hydrogen-bond donors (Lipinski definition) is 1. The van der Waals surface area contributed by atoms with Gasteiger partial charge in [0.1, 0.15) is 25.0 Å². The standard InChI is InChI=1S/C15H23BrNO2.HI/c1-17(9-3-2-4-10-17)11-14(18)12-19-15-7-5-13(16)6-8-15;/h5-8,14,18H,2-4,9-12H2,1H3;1H/q+1;/p-1. The average molecular weight is 456 g/mol. The van der Waals surface area contributed by atoms with E-state index >= 15 is 0 Å². The van der Waals surface area contributed by atoms with Crippen LogP contribution in [0.3, 0.4) is 0 Å². The minimum atomic E-state index is -0.397. The van der Waals surface area contributed by atoms with Crippen molar-refractivity contribution in [1.82, 2.24) is 0 Å². The monoisotopic (exact) mass is 455 g/mol. The highest BCUT2D eigenvalue weighted by molar-refractivity contribution is 9.10. The molecule has 1 aromatic rings. The lowest BCUT2D eigenvalue weighted by Crippen LogP contribution is -3.00. The molecule has 1 aliphatic rings. The molecular weight excluding hydrogens is 433 g/mol. The number of hydrogen-bond acceptors (Lipinski definition) is 2. The maximum absolute atomic E-state index is 10.1. The summed E-state index contributed by atoms with van der Waals surface area (Å²) in [5.74, 6) is 0.809. The van der Waals surface area contributed by atoms with E-state index in [9.17, 15) is 5.11 Å². The molecular formula is C15H23BrINO2. The molecule has 0 radical (unpaired) electrons. The summed E-state index contributed by atoms with van der Waals surface area (Å²) in [6.45, 7) is 3.51. The van der Waals surface area contributed by atoms with Crippen LogP contribution in [-0.4, -0.2) is 49.0 Å². The van der Waals surface area contributed by atoms with Gasteiger partial charge in [0.25, 0.3) is 0 Å². The van der Waals surface area contributed by atoms with Gasteiger partial charge in [0, 0.05) is 4.47 Å². The number of piperidine rings is 1. The zero-order valence-electron chi connectivity index (χ0n) is 11.9. The number of aliphatic hydroxyl groups is 1. The van der Waals surface area contributed by atoms with Gasteiger partial charge in [-0.2, -0.15) is 0 Å². The lowest BCUT2D eigenvalue weighted by atomic mass is 10.1. The quantitative estimate of drug-likeness (QED) is 0.493. The molecule has 2 rings (SSSR count). The van der Waals surface area contributed by atoms with Crippen LogP contribution in [0.2, 0.25) is 0 Å². The lowest BCUT2D eigenvalue weighted by molar-refractivity contribution is -0.916.